The van der Waals surface area contributed by atoms with Crippen LogP contribution in [0.2, 0.25) is 0 Å². The summed E-state index contributed by atoms with van der Waals surface area (Å²) in [6.07, 6.45) is -0.318. The standard InChI is InChI=1S/C13H22O5Si/c1-5-16-12(2)17-11-18-19(14-3,15-4)13-9-7-6-8-10-13/h6-10,12H,5,11H2,1-4H3. The molecule has 0 aliphatic rings. The van der Waals surface area contributed by atoms with Crippen molar-refractivity contribution >= 4 is 14.0 Å². The summed E-state index contributed by atoms with van der Waals surface area (Å²) >= 11 is 0. The second kappa shape index (κ2) is 8.42. The SMILES string of the molecule is CCOC(C)OCO[Si](OC)(OC)c1ccccc1. The maximum atomic E-state index is 5.72. The molecule has 1 atom stereocenters. The van der Waals surface area contributed by atoms with E-state index in [2.05, 4.69) is 0 Å². The van der Waals surface area contributed by atoms with E-state index in [0.717, 1.165) is 5.19 Å². The second-order valence-corrected chi connectivity index (χ2v) is 6.58. The molecule has 5 nitrogen and oxygen atoms in total. The highest BCUT2D eigenvalue weighted by molar-refractivity contribution is 6.75. The number of ether oxygens (including phenoxy) is 2. The van der Waals surface area contributed by atoms with Gasteiger partial charge in [-0.15, -0.1) is 0 Å². The molecule has 19 heavy (non-hydrogen) atoms. The summed E-state index contributed by atoms with van der Waals surface area (Å²) in [5, 5.41) is 0.896. The van der Waals surface area contributed by atoms with Gasteiger partial charge < -0.3 is 22.8 Å². The van der Waals surface area contributed by atoms with Gasteiger partial charge in [0.15, 0.2) is 6.29 Å². The van der Waals surface area contributed by atoms with Crippen molar-refractivity contribution in [2.75, 3.05) is 27.6 Å². The summed E-state index contributed by atoms with van der Waals surface area (Å²) in [6, 6.07) is 9.61. The summed E-state index contributed by atoms with van der Waals surface area (Å²) in [6.45, 7) is 4.38. The van der Waals surface area contributed by atoms with E-state index in [9.17, 15) is 0 Å². The van der Waals surface area contributed by atoms with Gasteiger partial charge in [-0.1, -0.05) is 30.3 Å². The van der Waals surface area contributed by atoms with Gasteiger partial charge in [0, 0.05) is 26.0 Å². The van der Waals surface area contributed by atoms with E-state index in [1.54, 1.807) is 14.2 Å². The van der Waals surface area contributed by atoms with Gasteiger partial charge in [-0.3, -0.25) is 0 Å². The average molecular weight is 286 g/mol. The first kappa shape index (κ1) is 16.3. The van der Waals surface area contributed by atoms with E-state index < -0.39 is 8.80 Å². The van der Waals surface area contributed by atoms with Gasteiger partial charge >= 0.3 is 8.80 Å². The molecular weight excluding hydrogens is 264 g/mol. The van der Waals surface area contributed by atoms with Crippen molar-refractivity contribution < 1.29 is 22.8 Å². The molecule has 0 radical (unpaired) electrons. The van der Waals surface area contributed by atoms with Crippen LogP contribution in [0.1, 0.15) is 13.8 Å². The summed E-state index contributed by atoms with van der Waals surface area (Å²) in [5.41, 5.74) is 0. The van der Waals surface area contributed by atoms with Crippen LogP contribution in [0.25, 0.3) is 0 Å². The molecule has 1 rings (SSSR count). The van der Waals surface area contributed by atoms with E-state index in [1.165, 1.54) is 0 Å². The minimum absolute atomic E-state index is 0.0595. The molecule has 0 saturated heterocycles. The van der Waals surface area contributed by atoms with Crippen molar-refractivity contribution in [3.8, 4) is 0 Å². The van der Waals surface area contributed by atoms with Gasteiger partial charge in [0.2, 0.25) is 0 Å². The molecule has 0 saturated carbocycles. The van der Waals surface area contributed by atoms with Crippen LogP contribution in [-0.2, 0) is 22.8 Å². The molecular formula is C13H22O5Si. The maximum absolute atomic E-state index is 5.72. The van der Waals surface area contributed by atoms with Gasteiger partial charge in [-0.25, -0.2) is 0 Å². The van der Waals surface area contributed by atoms with Crippen molar-refractivity contribution in [3.05, 3.63) is 30.3 Å². The van der Waals surface area contributed by atoms with E-state index in [4.69, 9.17) is 22.8 Å². The Bertz CT molecular complexity index is 342. The van der Waals surface area contributed by atoms with Gasteiger partial charge in [0.25, 0.3) is 0 Å². The quantitative estimate of drug-likeness (QED) is 0.508. The minimum atomic E-state index is -2.89. The third-order valence-corrected chi connectivity index (χ3v) is 5.23. The Balaban J connectivity index is 2.62. The molecule has 0 N–H and O–H groups in total. The molecule has 0 bridgehead atoms. The Morgan fingerprint density at radius 1 is 1.05 bits per heavy atom. The molecule has 0 amide bonds. The topological polar surface area (TPSA) is 46.2 Å². The lowest BCUT2D eigenvalue weighted by Gasteiger charge is -2.27. The van der Waals surface area contributed by atoms with Crippen LogP contribution in [0.4, 0.5) is 0 Å². The Hall–Kier alpha value is -0.763. The number of hydrogen-bond acceptors (Lipinski definition) is 5. The first-order chi connectivity index (χ1) is 9.18. The fourth-order valence-electron chi connectivity index (χ4n) is 1.65. The number of benzene rings is 1. The average Bonchev–Trinajstić information content (AvgIpc) is 2.45. The predicted octanol–water partition coefficient (Wildman–Crippen LogP) is 1.50. The summed E-state index contributed by atoms with van der Waals surface area (Å²) < 4.78 is 27.4. The molecule has 6 heteroatoms. The molecule has 108 valence electrons. The molecule has 1 unspecified atom stereocenters. The number of rotatable bonds is 9. The van der Waals surface area contributed by atoms with Crippen LogP contribution in [0.3, 0.4) is 0 Å². The number of hydrogen-bond donors (Lipinski definition) is 0. The minimum Gasteiger partial charge on any atom is -0.373 e. The van der Waals surface area contributed by atoms with Crippen molar-refractivity contribution in [2.24, 2.45) is 0 Å². The molecule has 1 aromatic carbocycles. The second-order valence-electron chi connectivity index (χ2n) is 3.78. The zero-order valence-corrected chi connectivity index (χ0v) is 12.9. The van der Waals surface area contributed by atoms with Gasteiger partial charge in [0.1, 0.15) is 6.79 Å². The third-order valence-electron chi connectivity index (χ3n) is 2.62. The summed E-state index contributed by atoms with van der Waals surface area (Å²) in [7, 11) is 0.266. The Labute approximate surface area is 115 Å². The molecule has 1 aromatic rings. The van der Waals surface area contributed by atoms with Crippen LogP contribution in [0, 0.1) is 0 Å². The van der Waals surface area contributed by atoms with Gasteiger partial charge in [0.05, 0.1) is 0 Å². The first-order valence-electron chi connectivity index (χ1n) is 6.21. The molecule has 0 aliphatic heterocycles. The molecule has 0 aliphatic carbocycles. The predicted molar refractivity (Wildman–Crippen MR) is 74.0 cm³/mol. The van der Waals surface area contributed by atoms with Gasteiger partial charge in [-0.05, 0) is 13.8 Å². The van der Waals surface area contributed by atoms with Crippen LogP contribution < -0.4 is 5.19 Å². The lowest BCUT2D eigenvalue weighted by molar-refractivity contribution is -0.170. The van der Waals surface area contributed by atoms with Crippen molar-refractivity contribution in [1.29, 1.82) is 0 Å². The first-order valence-corrected chi connectivity index (χ1v) is 7.94. The van der Waals surface area contributed by atoms with Crippen LogP contribution in [-0.4, -0.2) is 42.7 Å². The highest BCUT2D eigenvalue weighted by atomic mass is 28.4. The lowest BCUT2D eigenvalue weighted by Crippen LogP contribution is -2.55. The van der Waals surface area contributed by atoms with Gasteiger partial charge in [-0.2, -0.15) is 0 Å². The van der Waals surface area contributed by atoms with Crippen molar-refractivity contribution in [2.45, 2.75) is 20.1 Å². The van der Waals surface area contributed by atoms with E-state index in [1.807, 2.05) is 44.2 Å². The monoisotopic (exact) mass is 286 g/mol. The zero-order valence-electron chi connectivity index (χ0n) is 11.9. The highest BCUT2D eigenvalue weighted by Crippen LogP contribution is 2.09. The highest BCUT2D eigenvalue weighted by Gasteiger charge is 2.42. The summed E-state index contributed by atoms with van der Waals surface area (Å²) in [5.74, 6) is 0. The Morgan fingerprint density at radius 2 is 1.68 bits per heavy atom. The molecule has 0 fully saturated rings. The lowest BCUT2D eigenvalue weighted by atomic mass is 10.4. The Kier molecular flexibility index (Phi) is 7.22. The smallest absolute Gasteiger partial charge is 0.373 e. The van der Waals surface area contributed by atoms with E-state index in [-0.39, 0.29) is 13.1 Å². The largest absolute Gasteiger partial charge is 0.538 e. The maximum Gasteiger partial charge on any atom is 0.538 e. The van der Waals surface area contributed by atoms with Crippen molar-refractivity contribution in [3.63, 3.8) is 0 Å². The normalized spacial score (nSPS) is 13.5. The van der Waals surface area contributed by atoms with E-state index >= 15 is 0 Å². The molecule has 0 spiro atoms. The third kappa shape index (κ3) is 4.68. The zero-order chi connectivity index (χ0) is 14.1. The molecule has 0 heterocycles. The van der Waals surface area contributed by atoms with Crippen LogP contribution in [0.15, 0.2) is 30.3 Å². The van der Waals surface area contributed by atoms with Crippen LogP contribution >= 0.6 is 0 Å². The van der Waals surface area contributed by atoms with Crippen molar-refractivity contribution in [1.82, 2.24) is 0 Å². The van der Waals surface area contributed by atoms with Crippen LogP contribution in [0.5, 0.6) is 0 Å². The van der Waals surface area contributed by atoms with E-state index in [0.29, 0.717) is 6.61 Å². The Morgan fingerprint density at radius 3 is 2.21 bits per heavy atom. The summed E-state index contributed by atoms with van der Waals surface area (Å²) in [4.78, 5) is 0. The fraction of sp³-hybridized carbons (Fsp3) is 0.538. The fourth-order valence-corrected chi connectivity index (χ4v) is 3.52. The molecule has 0 aromatic heterocycles.